The van der Waals surface area contributed by atoms with Crippen LogP contribution in [0.3, 0.4) is 0 Å². The number of amides is 1. The number of alkyl carbamates (subject to hydrolysis) is 1. The van der Waals surface area contributed by atoms with Crippen molar-refractivity contribution >= 4 is 6.09 Å². The molecule has 1 aromatic rings. The second-order valence-corrected chi connectivity index (χ2v) is 3.63. The maximum Gasteiger partial charge on any atom is 0.407 e. The van der Waals surface area contributed by atoms with Crippen LogP contribution in [0.25, 0.3) is 0 Å². The summed E-state index contributed by atoms with van der Waals surface area (Å²) in [6, 6.07) is 9.64. The Kier molecular flexibility index (Phi) is 5.12. The first-order valence-corrected chi connectivity index (χ1v) is 5.30. The van der Waals surface area contributed by atoms with E-state index in [1.54, 1.807) is 6.08 Å². The highest BCUT2D eigenvalue weighted by molar-refractivity contribution is 5.67. The molecule has 0 spiro atoms. The molecule has 0 saturated heterocycles. The van der Waals surface area contributed by atoms with E-state index < -0.39 is 6.09 Å². The zero-order valence-corrected chi connectivity index (χ0v) is 9.48. The van der Waals surface area contributed by atoms with Crippen molar-refractivity contribution in [2.75, 3.05) is 0 Å². The van der Waals surface area contributed by atoms with Crippen LogP contribution in [0.2, 0.25) is 0 Å². The Morgan fingerprint density at radius 2 is 2.19 bits per heavy atom. The van der Waals surface area contributed by atoms with Crippen molar-refractivity contribution in [2.45, 2.75) is 26.0 Å². The molecular formula is C13H17NO2. The number of nitrogens with one attached hydrogen (secondary N) is 1. The number of carbonyl (C=O) groups is 1. The lowest BCUT2D eigenvalue weighted by Gasteiger charge is -2.11. The Balaban J connectivity index is 2.28. The van der Waals surface area contributed by atoms with Gasteiger partial charge in [-0.1, -0.05) is 36.4 Å². The minimum Gasteiger partial charge on any atom is -0.445 e. The minimum atomic E-state index is -0.391. The third-order valence-corrected chi connectivity index (χ3v) is 2.10. The third kappa shape index (κ3) is 4.64. The van der Waals surface area contributed by atoms with Crippen LogP contribution in [-0.4, -0.2) is 12.1 Å². The summed E-state index contributed by atoms with van der Waals surface area (Å²) in [4.78, 5) is 11.3. The van der Waals surface area contributed by atoms with Gasteiger partial charge in [-0.2, -0.15) is 0 Å². The molecule has 86 valence electrons. The van der Waals surface area contributed by atoms with Crippen molar-refractivity contribution < 1.29 is 9.53 Å². The maximum absolute atomic E-state index is 11.3. The van der Waals surface area contributed by atoms with Gasteiger partial charge in [-0.25, -0.2) is 4.79 Å². The Labute approximate surface area is 96.1 Å². The van der Waals surface area contributed by atoms with Crippen molar-refractivity contribution in [3.63, 3.8) is 0 Å². The number of rotatable bonds is 5. The number of hydrogen-bond acceptors (Lipinski definition) is 2. The van der Waals surface area contributed by atoms with Crippen molar-refractivity contribution in [1.29, 1.82) is 0 Å². The summed E-state index contributed by atoms with van der Waals surface area (Å²) in [6.07, 6.45) is 2.11. The van der Waals surface area contributed by atoms with Gasteiger partial charge in [0.25, 0.3) is 0 Å². The maximum atomic E-state index is 11.3. The lowest BCUT2D eigenvalue weighted by Crippen LogP contribution is -2.32. The highest BCUT2D eigenvalue weighted by Gasteiger charge is 2.06. The van der Waals surface area contributed by atoms with Crippen LogP contribution in [0.15, 0.2) is 43.0 Å². The standard InChI is InChI=1S/C13H17NO2/c1-3-7-11(2)14-13(15)16-10-12-8-5-4-6-9-12/h3-6,8-9,11H,1,7,10H2,2H3,(H,14,15)/t11-/m1/s1. The molecule has 0 saturated carbocycles. The molecule has 0 heterocycles. The lowest BCUT2D eigenvalue weighted by atomic mass is 10.2. The fourth-order valence-corrected chi connectivity index (χ4v) is 1.27. The van der Waals surface area contributed by atoms with Crippen LogP contribution in [0.1, 0.15) is 18.9 Å². The van der Waals surface area contributed by atoms with Gasteiger partial charge in [0.2, 0.25) is 0 Å². The van der Waals surface area contributed by atoms with Gasteiger partial charge >= 0.3 is 6.09 Å². The van der Waals surface area contributed by atoms with Crippen LogP contribution in [0, 0.1) is 0 Å². The van der Waals surface area contributed by atoms with E-state index in [1.165, 1.54) is 0 Å². The molecule has 1 rings (SSSR count). The van der Waals surface area contributed by atoms with E-state index in [2.05, 4.69) is 11.9 Å². The van der Waals surface area contributed by atoms with Crippen LogP contribution < -0.4 is 5.32 Å². The molecule has 3 nitrogen and oxygen atoms in total. The normalized spacial score (nSPS) is 11.6. The molecule has 16 heavy (non-hydrogen) atoms. The zero-order valence-electron chi connectivity index (χ0n) is 9.48. The van der Waals surface area contributed by atoms with E-state index in [4.69, 9.17) is 4.74 Å². The van der Waals surface area contributed by atoms with Crippen LogP contribution in [0.4, 0.5) is 4.79 Å². The SMILES string of the molecule is C=CC[C@@H](C)NC(=O)OCc1ccccc1. The van der Waals surface area contributed by atoms with E-state index in [0.717, 1.165) is 12.0 Å². The minimum absolute atomic E-state index is 0.0563. The molecular weight excluding hydrogens is 202 g/mol. The second kappa shape index (κ2) is 6.67. The smallest absolute Gasteiger partial charge is 0.407 e. The molecule has 0 aromatic heterocycles. The van der Waals surface area contributed by atoms with Gasteiger partial charge in [0, 0.05) is 6.04 Å². The molecule has 1 N–H and O–H groups in total. The molecule has 0 unspecified atom stereocenters. The molecule has 0 aliphatic rings. The Morgan fingerprint density at radius 3 is 2.81 bits per heavy atom. The summed E-state index contributed by atoms with van der Waals surface area (Å²) in [7, 11) is 0. The topological polar surface area (TPSA) is 38.3 Å². The fraction of sp³-hybridized carbons (Fsp3) is 0.308. The van der Waals surface area contributed by atoms with Crippen molar-refractivity contribution in [2.24, 2.45) is 0 Å². The third-order valence-electron chi connectivity index (χ3n) is 2.10. The van der Waals surface area contributed by atoms with E-state index in [0.29, 0.717) is 6.61 Å². The van der Waals surface area contributed by atoms with Crippen LogP contribution in [0.5, 0.6) is 0 Å². The number of benzene rings is 1. The summed E-state index contributed by atoms with van der Waals surface area (Å²) >= 11 is 0. The predicted molar refractivity (Wildman–Crippen MR) is 64.0 cm³/mol. The number of carbonyl (C=O) groups excluding carboxylic acids is 1. The number of ether oxygens (including phenoxy) is 1. The molecule has 0 aliphatic heterocycles. The summed E-state index contributed by atoms with van der Waals surface area (Å²) in [5.74, 6) is 0. The average molecular weight is 219 g/mol. The molecule has 0 aliphatic carbocycles. The molecule has 1 aromatic carbocycles. The van der Waals surface area contributed by atoms with E-state index in [9.17, 15) is 4.79 Å². The van der Waals surface area contributed by atoms with E-state index in [1.807, 2.05) is 37.3 Å². The summed E-state index contributed by atoms with van der Waals surface area (Å²) in [5.41, 5.74) is 0.981. The van der Waals surface area contributed by atoms with Gasteiger partial charge in [-0.15, -0.1) is 6.58 Å². The van der Waals surface area contributed by atoms with Crippen LogP contribution in [-0.2, 0) is 11.3 Å². The molecule has 1 atom stereocenters. The number of hydrogen-bond donors (Lipinski definition) is 1. The van der Waals surface area contributed by atoms with E-state index in [-0.39, 0.29) is 6.04 Å². The van der Waals surface area contributed by atoms with Gasteiger partial charge in [0.15, 0.2) is 0 Å². The molecule has 0 radical (unpaired) electrons. The van der Waals surface area contributed by atoms with Gasteiger partial charge in [-0.05, 0) is 18.9 Å². The van der Waals surface area contributed by atoms with Crippen molar-refractivity contribution in [3.8, 4) is 0 Å². The molecule has 3 heteroatoms. The monoisotopic (exact) mass is 219 g/mol. The average Bonchev–Trinajstić information content (AvgIpc) is 2.28. The fourth-order valence-electron chi connectivity index (χ4n) is 1.27. The quantitative estimate of drug-likeness (QED) is 0.773. The second-order valence-electron chi connectivity index (χ2n) is 3.63. The van der Waals surface area contributed by atoms with Gasteiger partial charge < -0.3 is 10.1 Å². The van der Waals surface area contributed by atoms with E-state index >= 15 is 0 Å². The lowest BCUT2D eigenvalue weighted by molar-refractivity contribution is 0.136. The Morgan fingerprint density at radius 1 is 1.50 bits per heavy atom. The van der Waals surface area contributed by atoms with Crippen molar-refractivity contribution in [3.05, 3.63) is 48.6 Å². The Hall–Kier alpha value is -1.77. The molecule has 0 bridgehead atoms. The summed E-state index contributed by atoms with van der Waals surface area (Å²) in [5, 5.41) is 2.72. The molecule has 1 amide bonds. The van der Waals surface area contributed by atoms with Gasteiger partial charge in [0.05, 0.1) is 0 Å². The Bertz CT molecular complexity index is 335. The summed E-state index contributed by atoms with van der Waals surface area (Å²) < 4.78 is 5.06. The first-order chi connectivity index (χ1) is 7.72. The molecule has 0 fully saturated rings. The zero-order chi connectivity index (χ0) is 11.8. The highest BCUT2D eigenvalue weighted by atomic mass is 16.5. The largest absolute Gasteiger partial charge is 0.445 e. The first-order valence-electron chi connectivity index (χ1n) is 5.30. The van der Waals surface area contributed by atoms with Gasteiger partial charge in [-0.3, -0.25) is 0 Å². The summed E-state index contributed by atoms with van der Waals surface area (Å²) in [6.45, 7) is 5.82. The highest BCUT2D eigenvalue weighted by Crippen LogP contribution is 2.01. The predicted octanol–water partition coefficient (Wildman–Crippen LogP) is 2.88. The van der Waals surface area contributed by atoms with Crippen LogP contribution >= 0.6 is 0 Å². The van der Waals surface area contributed by atoms with Gasteiger partial charge in [0.1, 0.15) is 6.61 Å². The first kappa shape index (κ1) is 12.3. The van der Waals surface area contributed by atoms with Crippen molar-refractivity contribution in [1.82, 2.24) is 5.32 Å².